The number of hydrogen-bond acceptors (Lipinski definition) is 6. The quantitative estimate of drug-likeness (QED) is 0.150. The van der Waals surface area contributed by atoms with Gasteiger partial charge < -0.3 is 23.2 Å². The predicted molar refractivity (Wildman–Crippen MR) is 154 cm³/mol. The summed E-state index contributed by atoms with van der Waals surface area (Å²) < 4.78 is 25.9. The van der Waals surface area contributed by atoms with Gasteiger partial charge in [0.25, 0.3) is 0 Å². The molecule has 0 fully saturated rings. The zero-order chi connectivity index (χ0) is 27.9. The Kier molecular flexibility index (Phi) is 9.14. The van der Waals surface area contributed by atoms with Gasteiger partial charge in [-0.25, -0.2) is 5.43 Å². The molecule has 4 rings (SSSR count). The van der Waals surface area contributed by atoms with Crippen molar-refractivity contribution < 1.29 is 23.4 Å². The van der Waals surface area contributed by atoms with Gasteiger partial charge in [0.05, 0.1) is 18.9 Å². The van der Waals surface area contributed by atoms with E-state index in [-0.39, 0.29) is 18.5 Å². The van der Waals surface area contributed by atoms with Crippen molar-refractivity contribution in [2.24, 2.45) is 5.10 Å². The van der Waals surface area contributed by atoms with Crippen LogP contribution in [0.4, 0.5) is 0 Å². The number of hydrogen-bond donors (Lipinski definition) is 1. The van der Waals surface area contributed by atoms with E-state index in [2.05, 4.69) is 57.0 Å². The zero-order valence-corrected chi connectivity index (χ0v) is 24.2. The molecular weight excluding hydrogens is 562 g/mol. The normalized spacial score (nSPS) is 11.3. The van der Waals surface area contributed by atoms with Gasteiger partial charge in [0.1, 0.15) is 18.1 Å². The van der Waals surface area contributed by atoms with Crippen molar-refractivity contribution in [1.29, 1.82) is 0 Å². The molecule has 204 valence electrons. The van der Waals surface area contributed by atoms with Crippen LogP contribution in [0.1, 0.15) is 54.0 Å². The van der Waals surface area contributed by atoms with Gasteiger partial charge in [-0.2, -0.15) is 5.10 Å². The van der Waals surface area contributed by atoms with Gasteiger partial charge in [-0.1, -0.05) is 0 Å². The SMILES string of the molecule is CCOc1cc(/C=N/NC(=O)c2ccc(COc3ccc(-n4c(C)ccc4C)cc3)o2)c(Br)cc1OC(C)C. The van der Waals surface area contributed by atoms with Crippen LogP contribution in [-0.2, 0) is 6.61 Å². The van der Waals surface area contributed by atoms with Crippen molar-refractivity contribution in [2.75, 3.05) is 6.61 Å². The predicted octanol–water partition coefficient (Wildman–Crippen LogP) is 6.98. The number of furan rings is 1. The Balaban J connectivity index is 1.33. The summed E-state index contributed by atoms with van der Waals surface area (Å²) in [4.78, 5) is 12.5. The molecule has 0 aliphatic heterocycles. The van der Waals surface area contributed by atoms with Gasteiger partial charge in [0, 0.05) is 27.1 Å². The number of nitrogens with one attached hydrogen (secondary N) is 1. The van der Waals surface area contributed by atoms with Crippen molar-refractivity contribution in [1.82, 2.24) is 9.99 Å². The van der Waals surface area contributed by atoms with Gasteiger partial charge in [-0.15, -0.1) is 0 Å². The van der Waals surface area contributed by atoms with Crippen molar-refractivity contribution in [3.63, 3.8) is 0 Å². The molecule has 0 unspecified atom stereocenters. The summed E-state index contributed by atoms with van der Waals surface area (Å²) in [6.45, 7) is 10.6. The number of rotatable bonds is 11. The molecule has 0 saturated carbocycles. The van der Waals surface area contributed by atoms with Crippen LogP contribution >= 0.6 is 15.9 Å². The van der Waals surface area contributed by atoms with E-state index in [1.807, 2.05) is 51.1 Å². The first-order chi connectivity index (χ1) is 18.7. The molecule has 1 N–H and O–H groups in total. The molecule has 0 saturated heterocycles. The molecule has 0 bridgehead atoms. The lowest BCUT2D eigenvalue weighted by molar-refractivity contribution is 0.0923. The van der Waals surface area contributed by atoms with Crippen LogP contribution in [0, 0.1) is 13.8 Å². The number of halogens is 1. The molecular formula is C30H32BrN3O5. The van der Waals surface area contributed by atoms with E-state index in [0.717, 1.165) is 15.7 Å². The highest BCUT2D eigenvalue weighted by Crippen LogP contribution is 2.34. The maximum atomic E-state index is 12.5. The number of benzene rings is 2. The van der Waals surface area contributed by atoms with E-state index in [4.69, 9.17) is 18.6 Å². The third-order valence-corrected chi connectivity index (χ3v) is 6.41. The summed E-state index contributed by atoms with van der Waals surface area (Å²) in [7, 11) is 0. The molecule has 1 amide bonds. The maximum absolute atomic E-state index is 12.5. The van der Waals surface area contributed by atoms with Crippen molar-refractivity contribution in [3.8, 4) is 22.9 Å². The lowest BCUT2D eigenvalue weighted by Crippen LogP contribution is -2.17. The molecule has 0 aliphatic carbocycles. The van der Waals surface area contributed by atoms with Crippen molar-refractivity contribution in [2.45, 2.75) is 47.3 Å². The van der Waals surface area contributed by atoms with Gasteiger partial charge in [-0.3, -0.25) is 4.79 Å². The van der Waals surface area contributed by atoms with E-state index >= 15 is 0 Å². The van der Waals surface area contributed by atoms with E-state index < -0.39 is 5.91 Å². The standard InChI is InChI=1S/C30H32BrN3O5/c1-6-36-28-15-22(26(31)16-29(28)38-19(2)3)17-32-33-30(35)27-14-13-25(39-27)18-37-24-11-9-23(10-12-24)34-20(4)7-8-21(34)5/h7-17,19H,6,18H2,1-5H3,(H,33,35)/b32-17+. The Labute approximate surface area is 236 Å². The second-order valence-electron chi connectivity index (χ2n) is 9.12. The van der Waals surface area contributed by atoms with E-state index in [9.17, 15) is 4.79 Å². The van der Waals surface area contributed by atoms with Crippen LogP contribution in [0.5, 0.6) is 17.2 Å². The summed E-state index contributed by atoms with van der Waals surface area (Å²) in [5.74, 6) is 2.12. The molecule has 0 spiro atoms. The molecule has 9 heteroatoms. The van der Waals surface area contributed by atoms with E-state index in [1.165, 1.54) is 17.6 Å². The second-order valence-corrected chi connectivity index (χ2v) is 9.97. The van der Waals surface area contributed by atoms with Crippen LogP contribution < -0.4 is 19.6 Å². The van der Waals surface area contributed by atoms with Crippen LogP contribution in [0.2, 0.25) is 0 Å². The highest BCUT2D eigenvalue weighted by atomic mass is 79.9. The summed E-state index contributed by atoms with van der Waals surface area (Å²) in [6.07, 6.45) is 1.53. The average molecular weight is 595 g/mol. The molecule has 4 aromatic rings. The second kappa shape index (κ2) is 12.7. The largest absolute Gasteiger partial charge is 0.490 e. The Hall–Kier alpha value is -3.98. The number of aromatic nitrogens is 1. The van der Waals surface area contributed by atoms with E-state index in [0.29, 0.717) is 29.6 Å². The monoisotopic (exact) mass is 593 g/mol. The van der Waals surface area contributed by atoms with Gasteiger partial charge in [0.15, 0.2) is 17.3 Å². The van der Waals surface area contributed by atoms with Gasteiger partial charge in [-0.05, 0) is 111 Å². The molecule has 0 radical (unpaired) electrons. The molecule has 0 atom stereocenters. The Morgan fingerprint density at radius 2 is 1.74 bits per heavy atom. The topological polar surface area (TPSA) is 87.2 Å². The smallest absolute Gasteiger partial charge is 0.307 e. The number of amides is 1. The molecule has 2 aromatic heterocycles. The molecule has 0 aliphatic rings. The number of aryl methyl sites for hydroxylation is 2. The summed E-state index contributed by atoms with van der Waals surface area (Å²) in [5.41, 5.74) is 6.62. The summed E-state index contributed by atoms with van der Waals surface area (Å²) in [5, 5.41) is 4.07. The molecule has 2 aromatic carbocycles. The summed E-state index contributed by atoms with van der Waals surface area (Å²) >= 11 is 3.52. The Morgan fingerprint density at radius 1 is 1.03 bits per heavy atom. The number of hydrazone groups is 1. The highest BCUT2D eigenvalue weighted by Gasteiger charge is 2.13. The minimum atomic E-state index is -0.472. The van der Waals surface area contributed by atoms with Crippen LogP contribution in [0.3, 0.4) is 0 Å². The summed E-state index contributed by atoms with van der Waals surface area (Å²) in [6, 6.07) is 18.9. The molecule has 2 heterocycles. The van der Waals surface area contributed by atoms with Gasteiger partial charge in [0.2, 0.25) is 0 Å². The number of carbonyl (C=O) groups excluding carboxylic acids is 1. The van der Waals surface area contributed by atoms with E-state index in [1.54, 1.807) is 18.2 Å². The van der Waals surface area contributed by atoms with Crippen LogP contribution in [-0.4, -0.2) is 29.4 Å². The molecule has 8 nitrogen and oxygen atoms in total. The van der Waals surface area contributed by atoms with Crippen molar-refractivity contribution in [3.05, 3.63) is 93.6 Å². The first-order valence-corrected chi connectivity index (χ1v) is 13.5. The zero-order valence-electron chi connectivity index (χ0n) is 22.7. The number of nitrogens with zero attached hydrogens (tertiary/aromatic N) is 2. The first kappa shape index (κ1) is 28.0. The van der Waals surface area contributed by atoms with Gasteiger partial charge >= 0.3 is 5.91 Å². The minimum Gasteiger partial charge on any atom is -0.490 e. The van der Waals surface area contributed by atoms with Crippen LogP contribution in [0.25, 0.3) is 5.69 Å². The fraction of sp³-hybridized carbons (Fsp3) is 0.267. The first-order valence-electron chi connectivity index (χ1n) is 12.7. The fourth-order valence-corrected chi connectivity index (χ4v) is 4.40. The third-order valence-electron chi connectivity index (χ3n) is 5.73. The average Bonchev–Trinajstić information content (AvgIpc) is 3.51. The fourth-order valence-electron chi connectivity index (χ4n) is 3.98. The Bertz CT molecular complexity index is 1430. The Morgan fingerprint density at radius 3 is 2.41 bits per heavy atom. The third kappa shape index (κ3) is 7.11. The highest BCUT2D eigenvalue weighted by molar-refractivity contribution is 9.10. The lowest BCUT2D eigenvalue weighted by atomic mass is 10.2. The van der Waals surface area contributed by atoms with Crippen LogP contribution in [0.15, 0.2) is 74.7 Å². The minimum absolute atomic E-state index is 0.00260. The maximum Gasteiger partial charge on any atom is 0.307 e. The van der Waals surface area contributed by atoms with Crippen molar-refractivity contribution >= 4 is 28.1 Å². The number of carbonyl (C=O) groups is 1. The lowest BCUT2D eigenvalue weighted by Gasteiger charge is -2.15. The number of ether oxygens (including phenoxy) is 3. The molecule has 39 heavy (non-hydrogen) atoms.